The fraction of sp³-hybridized carbons (Fsp3) is 0.667. The zero-order valence-corrected chi connectivity index (χ0v) is 17.9. The maximum atomic E-state index is 13.2. The lowest BCUT2D eigenvalue weighted by Crippen LogP contribution is -2.44. The lowest BCUT2D eigenvalue weighted by molar-refractivity contribution is -0.136. The Bertz CT molecular complexity index is 716. The van der Waals surface area contributed by atoms with Crippen LogP contribution in [-0.2, 0) is 9.53 Å². The van der Waals surface area contributed by atoms with Gasteiger partial charge in [0.2, 0.25) is 5.91 Å². The molecule has 0 N–H and O–H groups in total. The second-order valence-electron chi connectivity index (χ2n) is 8.75. The topological polar surface area (TPSA) is 59.1 Å². The molecule has 3 aliphatic rings. The van der Waals surface area contributed by atoms with Gasteiger partial charge in [-0.15, -0.1) is 0 Å². The summed E-state index contributed by atoms with van der Waals surface area (Å²) in [7, 11) is 0. The van der Waals surface area contributed by atoms with Crippen LogP contribution in [0.3, 0.4) is 0 Å². The van der Waals surface area contributed by atoms with Crippen molar-refractivity contribution in [2.75, 3.05) is 39.4 Å². The summed E-state index contributed by atoms with van der Waals surface area (Å²) in [5.74, 6) is 0.974. The molecule has 6 nitrogen and oxygen atoms in total. The van der Waals surface area contributed by atoms with Crippen LogP contribution >= 0.6 is 0 Å². The van der Waals surface area contributed by atoms with Crippen molar-refractivity contribution in [2.45, 2.75) is 57.5 Å². The van der Waals surface area contributed by atoms with Gasteiger partial charge in [-0.2, -0.15) is 0 Å². The van der Waals surface area contributed by atoms with Crippen LogP contribution in [0.5, 0.6) is 5.75 Å². The van der Waals surface area contributed by atoms with Gasteiger partial charge in [0, 0.05) is 38.7 Å². The third-order valence-electron chi connectivity index (χ3n) is 6.62. The largest absolute Gasteiger partial charge is 0.490 e. The number of hydrogen-bond donors (Lipinski definition) is 0. The molecule has 0 bridgehead atoms. The summed E-state index contributed by atoms with van der Waals surface area (Å²) in [6.07, 6.45) is 8.39. The van der Waals surface area contributed by atoms with Crippen molar-refractivity contribution in [1.29, 1.82) is 0 Å². The van der Waals surface area contributed by atoms with Crippen molar-refractivity contribution >= 4 is 11.8 Å². The van der Waals surface area contributed by atoms with Gasteiger partial charge in [0.1, 0.15) is 12.4 Å². The molecule has 0 radical (unpaired) electrons. The molecule has 4 rings (SSSR count). The SMILES string of the molecule is O=C(c1ccccc1OCC1CCCO1)N1CCC(C(=O)N2CCCCCC2)CC1. The molecule has 3 saturated heterocycles. The minimum Gasteiger partial charge on any atom is -0.490 e. The summed E-state index contributed by atoms with van der Waals surface area (Å²) < 4.78 is 11.6. The molecule has 30 heavy (non-hydrogen) atoms. The molecule has 0 spiro atoms. The maximum Gasteiger partial charge on any atom is 0.257 e. The standard InChI is InChI=1S/C24H34N2O4/c27-23(25-13-5-1-2-6-14-25)19-11-15-26(16-12-19)24(28)21-9-3-4-10-22(21)30-18-20-8-7-17-29-20/h3-4,9-10,19-20H,1-2,5-8,11-18H2. The molecule has 6 heteroatoms. The minimum absolute atomic E-state index is 0.00129. The normalized spacial score (nSPS) is 23.3. The Morgan fingerprint density at radius 3 is 2.33 bits per heavy atom. The van der Waals surface area contributed by atoms with E-state index in [2.05, 4.69) is 4.90 Å². The van der Waals surface area contributed by atoms with E-state index in [1.807, 2.05) is 29.2 Å². The van der Waals surface area contributed by atoms with Gasteiger partial charge in [0.25, 0.3) is 5.91 Å². The van der Waals surface area contributed by atoms with Crippen molar-refractivity contribution in [3.8, 4) is 5.75 Å². The highest BCUT2D eigenvalue weighted by Gasteiger charge is 2.31. The molecule has 0 aromatic heterocycles. The van der Waals surface area contributed by atoms with Gasteiger partial charge < -0.3 is 19.3 Å². The van der Waals surface area contributed by atoms with E-state index in [4.69, 9.17) is 9.47 Å². The molecule has 1 aromatic rings. The number of rotatable bonds is 5. The number of para-hydroxylation sites is 1. The first-order valence-corrected chi connectivity index (χ1v) is 11.6. The lowest BCUT2D eigenvalue weighted by atomic mass is 9.94. The summed E-state index contributed by atoms with van der Waals surface area (Å²) in [5, 5.41) is 0. The van der Waals surface area contributed by atoms with Crippen LogP contribution in [0.2, 0.25) is 0 Å². The summed E-state index contributed by atoms with van der Waals surface area (Å²) in [6.45, 7) is 4.32. The first-order chi connectivity index (χ1) is 14.7. The Kier molecular flexibility index (Phi) is 7.26. The van der Waals surface area contributed by atoms with Crippen molar-refractivity contribution in [2.24, 2.45) is 5.92 Å². The van der Waals surface area contributed by atoms with Crippen molar-refractivity contribution in [1.82, 2.24) is 9.80 Å². The van der Waals surface area contributed by atoms with Gasteiger partial charge in [-0.1, -0.05) is 25.0 Å². The van der Waals surface area contributed by atoms with Gasteiger partial charge in [-0.3, -0.25) is 9.59 Å². The number of carbonyl (C=O) groups excluding carboxylic acids is 2. The fourth-order valence-corrected chi connectivity index (χ4v) is 4.78. The van der Waals surface area contributed by atoms with Crippen molar-refractivity contribution < 1.29 is 19.1 Å². The number of hydrogen-bond acceptors (Lipinski definition) is 4. The number of benzene rings is 1. The summed E-state index contributed by atoms with van der Waals surface area (Å²) in [6, 6.07) is 7.47. The van der Waals surface area contributed by atoms with Crippen molar-refractivity contribution in [3.05, 3.63) is 29.8 Å². The van der Waals surface area contributed by atoms with Crippen LogP contribution < -0.4 is 4.74 Å². The molecule has 3 fully saturated rings. The molecule has 164 valence electrons. The fourth-order valence-electron chi connectivity index (χ4n) is 4.78. The highest BCUT2D eigenvalue weighted by Crippen LogP contribution is 2.26. The molecule has 0 saturated carbocycles. The van der Waals surface area contributed by atoms with E-state index in [1.54, 1.807) is 0 Å². The van der Waals surface area contributed by atoms with Gasteiger partial charge in [0.15, 0.2) is 0 Å². The molecule has 0 aliphatic carbocycles. The number of piperidine rings is 1. The van der Waals surface area contributed by atoms with E-state index in [0.29, 0.717) is 36.9 Å². The number of likely N-dealkylation sites (tertiary alicyclic amines) is 2. The van der Waals surface area contributed by atoms with Gasteiger partial charge >= 0.3 is 0 Å². The van der Waals surface area contributed by atoms with E-state index >= 15 is 0 Å². The van der Waals surface area contributed by atoms with Crippen molar-refractivity contribution in [3.63, 3.8) is 0 Å². The zero-order valence-electron chi connectivity index (χ0n) is 17.9. The van der Waals surface area contributed by atoms with Gasteiger partial charge in [0.05, 0.1) is 11.7 Å². The molecule has 1 atom stereocenters. The predicted octanol–water partition coefficient (Wildman–Crippen LogP) is 3.50. The number of nitrogens with zero attached hydrogens (tertiary/aromatic N) is 2. The van der Waals surface area contributed by atoms with E-state index < -0.39 is 0 Å². The first-order valence-electron chi connectivity index (χ1n) is 11.6. The maximum absolute atomic E-state index is 13.2. The monoisotopic (exact) mass is 414 g/mol. The third-order valence-corrected chi connectivity index (χ3v) is 6.62. The van der Waals surface area contributed by atoms with E-state index in [0.717, 1.165) is 58.2 Å². The molecule has 2 amide bonds. The third kappa shape index (κ3) is 5.15. The zero-order chi connectivity index (χ0) is 20.8. The Morgan fingerprint density at radius 2 is 1.63 bits per heavy atom. The second kappa shape index (κ2) is 10.3. The van der Waals surface area contributed by atoms with Crippen LogP contribution in [0.1, 0.15) is 61.7 Å². The van der Waals surface area contributed by atoms with E-state index in [1.165, 1.54) is 12.8 Å². The summed E-state index contributed by atoms with van der Waals surface area (Å²) in [4.78, 5) is 30.0. The molecule has 1 aromatic carbocycles. The van der Waals surface area contributed by atoms with Gasteiger partial charge in [-0.25, -0.2) is 0 Å². The molecular weight excluding hydrogens is 380 g/mol. The van der Waals surface area contributed by atoms with E-state index in [9.17, 15) is 9.59 Å². The average molecular weight is 415 g/mol. The quantitative estimate of drug-likeness (QED) is 0.740. The molecule has 3 heterocycles. The lowest BCUT2D eigenvalue weighted by Gasteiger charge is -2.34. The van der Waals surface area contributed by atoms with Crippen LogP contribution in [-0.4, -0.2) is 67.1 Å². The second-order valence-corrected chi connectivity index (χ2v) is 8.75. The smallest absolute Gasteiger partial charge is 0.257 e. The predicted molar refractivity (Wildman–Crippen MR) is 115 cm³/mol. The highest BCUT2D eigenvalue weighted by atomic mass is 16.5. The van der Waals surface area contributed by atoms with Gasteiger partial charge in [-0.05, 0) is 50.7 Å². The number of ether oxygens (including phenoxy) is 2. The number of amides is 2. The highest BCUT2D eigenvalue weighted by molar-refractivity contribution is 5.97. The Balaban J connectivity index is 1.32. The van der Waals surface area contributed by atoms with E-state index in [-0.39, 0.29) is 17.9 Å². The molecule has 1 unspecified atom stereocenters. The molecular formula is C24H34N2O4. The van der Waals surface area contributed by atoms with Crippen LogP contribution in [0.4, 0.5) is 0 Å². The average Bonchev–Trinajstić information content (AvgIpc) is 3.17. The number of carbonyl (C=O) groups is 2. The summed E-state index contributed by atoms with van der Waals surface area (Å²) >= 11 is 0. The van der Waals surface area contributed by atoms with Crippen LogP contribution in [0, 0.1) is 5.92 Å². The minimum atomic E-state index is -0.00129. The first kappa shape index (κ1) is 21.2. The van der Waals surface area contributed by atoms with Crippen LogP contribution in [0.25, 0.3) is 0 Å². The summed E-state index contributed by atoms with van der Waals surface area (Å²) in [5.41, 5.74) is 0.604. The molecule has 3 aliphatic heterocycles. The Labute approximate surface area is 179 Å². The van der Waals surface area contributed by atoms with Crippen LogP contribution in [0.15, 0.2) is 24.3 Å². The Morgan fingerprint density at radius 1 is 0.900 bits per heavy atom. The Hall–Kier alpha value is -2.08.